The Labute approximate surface area is 165 Å². The molecule has 146 valence electrons. The maximum Gasteiger partial charge on any atom is 0.307 e. The summed E-state index contributed by atoms with van der Waals surface area (Å²) in [6.07, 6.45) is 5.03. The molecule has 0 bridgehead atoms. The number of hydrogen-bond donors (Lipinski definition) is 1. The standard InChI is InChI=1S/C24H26O4/c25-23(14-21(24(26)27)16-8-2-1-3-9-16)28-15-22-19-12-6-4-10-17(19)18-11-5-7-13-20(18)22/h4-7,10-13,16,21-22H,1-3,8-9,14-15H2,(H,26,27)/t21-/m0/s1. The molecule has 0 saturated heterocycles. The van der Waals surface area contributed by atoms with Crippen molar-refractivity contribution in [3.05, 3.63) is 59.7 Å². The second-order valence-corrected chi connectivity index (χ2v) is 7.96. The molecule has 1 atom stereocenters. The summed E-state index contributed by atoms with van der Waals surface area (Å²) >= 11 is 0. The minimum atomic E-state index is -0.875. The predicted octanol–water partition coefficient (Wildman–Crippen LogP) is 5.01. The molecule has 0 aromatic heterocycles. The van der Waals surface area contributed by atoms with Crippen LogP contribution in [-0.2, 0) is 14.3 Å². The molecule has 2 aliphatic rings. The van der Waals surface area contributed by atoms with Gasteiger partial charge in [-0.1, -0.05) is 67.8 Å². The lowest BCUT2D eigenvalue weighted by molar-refractivity contribution is -0.154. The van der Waals surface area contributed by atoms with E-state index in [1.54, 1.807) is 0 Å². The molecule has 0 spiro atoms. The molecule has 0 heterocycles. The number of benzene rings is 2. The van der Waals surface area contributed by atoms with Gasteiger partial charge in [0.15, 0.2) is 0 Å². The Hall–Kier alpha value is -2.62. The first-order valence-electron chi connectivity index (χ1n) is 10.2. The summed E-state index contributed by atoms with van der Waals surface area (Å²) in [6.45, 7) is 0.254. The second kappa shape index (κ2) is 8.17. The molecular formula is C24H26O4. The number of aliphatic carboxylic acids is 1. The number of esters is 1. The normalized spacial score (nSPS) is 17.6. The minimum absolute atomic E-state index is 0.00862. The molecule has 2 aromatic carbocycles. The van der Waals surface area contributed by atoms with Gasteiger partial charge in [0.25, 0.3) is 0 Å². The van der Waals surface area contributed by atoms with Crippen molar-refractivity contribution in [1.29, 1.82) is 0 Å². The van der Waals surface area contributed by atoms with Crippen molar-refractivity contribution in [3.63, 3.8) is 0 Å². The molecule has 1 fully saturated rings. The Bertz CT molecular complexity index is 821. The lowest BCUT2D eigenvalue weighted by Crippen LogP contribution is -2.29. The first-order chi connectivity index (χ1) is 13.6. The summed E-state index contributed by atoms with van der Waals surface area (Å²) in [5, 5.41) is 9.61. The summed E-state index contributed by atoms with van der Waals surface area (Å²) in [6, 6.07) is 16.4. The Morgan fingerprint density at radius 3 is 2.07 bits per heavy atom. The van der Waals surface area contributed by atoms with Crippen LogP contribution in [0.1, 0.15) is 55.6 Å². The zero-order chi connectivity index (χ0) is 19.5. The minimum Gasteiger partial charge on any atom is -0.481 e. The fourth-order valence-corrected chi connectivity index (χ4v) is 4.85. The van der Waals surface area contributed by atoms with Crippen LogP contribution >= 0.6 is 0 Å². The molecule has 4 heteroatoms. The molecule has 2 aliphatic carbocycles. The lowest BCUT2D eigenvalue weighted by atomic mass is 9.78. The van der Waals surface area contributed by atoms with Crippen molar-refractivity contribution >= 4 is 11.9 Å². The first-order valence-corrected chi connectivity index (χ1v) is 10.2. The van der Waals surface area contributed by atoms with E-state index in [-0.39, 0.29) is 24.9 Å². The van der Waals surface area contributed by atoms with Crippen LogP contribution < -0.4 is 0 Å². The third kappa shape index (κ3) is 3.68. The van der Waals surface area contributed by atoms with E-state index < -0.39 is 17.9 Å². The Balaban J connectivity index is 1.44. The highest BCUT2D eigenvalue weighted by molar-refractivity contribution is 5.80. The summed E-state index contributed by atoms with van der Waals surface area (Å²) < 4.78 is 5.61. The van der Waals surface area contributed by atoms with Gasteiger partial charge in [0.1, 0.15) is 6.61 Å². The molecule has 1 saturated carbocycles. The van der Waals surface area contributed by atoms with E-state index in [1.807, 2.05) is 24.3 Å². The van der Waals surface area contributed by atoms with E-state index >= 15 is 0 Å². The van der Waals surface area contributed by atoms with Crippen molar-refractivity contribution in [3.8, 4) is 11.1 Å². The van der Waals surface area contributed by atoms with E-state index in [4.69, 9.17) is 4.74 Å². The molecule has 4 nitrogen and oxygen atoms in total. The van der Waals surface area contributed by atoms with Gasteiger partial charge in [-0.3, -0.25) is 9.59 Å². The number of carboxylic acids is 1. The number of rotatable bonds is 6. The van der Waals surface area contributed by atoms with Crippen LogP contribution in [0.25, 0.3) is 11.1 Å². The zero-order valence-corrected chi connectivity index (χ0v) is 16.0. The van der Waals surface area contributed by atoms with Gasteiger partial charge in [-0.15, -0.1) is 0 Å². The van der Waals surface area contributed by atoms with Gasteiger partial charge in [0.05, 0.1) is 12.3 Å². The smallest absolute Gasteiger partial charge is 0.307 e. The molecule has 0 amide bonds. The monoisotopic (exact) mass is 378 g/mol. The van der Waals surface area contributed by atoms with E-state index in [9.17, 15) is 14.7 Å². The quantitative estimate of drug-likeness (QED) is 0.718. The topological polar surface area (TPSA) is 63.6 Å². The molecule has 1 N–H and O–H groups in total. The summed E-state index contributed by atoms with van der Waals surface area (Å²) in [4.78, 5) is 24.2. The number of hydrogen-bond acceptors (Lipinski definition) is 3. The van der Waals surface area contributed by atoms with E-state index in [2.05, 4.69) is 24.3 Å². The maximum atomic E-state index is 12.5. The van der Waals surface area contributed by atoms with Gasteiger partial charge < -0.3 is 9.84 Å². The highest BCUT2D eigenvalue weighted by atomic mass is 16.5. The highest BCUT2D eigenvalue weighted by Crippen LogP contribution is 2.44. The first kappa shape index (κ1) is 18.7. The van der Waals surface area contributed by atoms with Crippen molar-refractivity contribution in [2.75, 3.05) is 6.61 Å². The molecule has 0 aliphatic heterocycles. The largest absolute Gasteiger partial charge is 0.481 e. The fraction of sp³-hybridized carbons (Fsp3) is 0.417. The number of fused-ring (bicyclic) bond motifs is 3. The van der Waals surface area contributed by atoms with Crippen LogP contribution in [-0.4, -0.2) is 23.7 Å². The van der Waals surface area contributed by atoms with Crippen LogP contribution in [0.5, 0.6) is 0 Å². The zero-order valence-electron chi connectivity index (χ0n) is 16.0. The number of ether oxygens (including phenoxy) is 1. The van der Waals surface area contributed by atoms with Crippen molar-refractivity contribution in [1.82, 2.24) is 0 Å². The third-order valence-corrected chi connectivity index (χ3v) is 6.30. The summed E-state index contributed by atoms with van der Waals surface area (Å²) in [5.74, 6) is -1.81. The van der Waals surface area contributed by atoms with Crippen molar-refractivity contribution in [2.45, 2.75) is 44.4 Å². The van der Waals surface area contributed by atoms with Crippen LogP contribution in [0.4, 0.5) is 0 Å². The number of carbonyl (C=O) groups is 2. The Kier molecular flexibility index (Phi) is 5.47. The lowest BCUT2D eigenvalue weighted by Gasteiger charge is -2.27. The van der Waals surface area contributed by atoms with Crippen molar-refractivity contribution < 1.29 is 19.4 Å². The third-order valence-electron chi connectivity index (χ3n) is 6.30. The van der Waals surface area contributed by atoms with Crippen LogP contribution in [0.3, 0.4) is 0 Å². The average molecular weight is 378 g/mol. The fourth-order valence-electron chi connectivity index (χ4n) is 4.85. The van der Waals surface area contributed by atoms with Gasteiger partial charge in [0.2, 0.25) is 0 Å². The SMILES string of the molecule is O=C(C[C@H](C(=O)O)C1CCCCC1)OCC1c2ccccc2-c2ccccc21. The van der Waals surface area contributed by atoms with Gasteiger partial charge in [-0.05, 0) is 41.0 Å². The summed E-state index contributed by atoms with van der Waals surface area (Å²) in [7, 11) is 0. The van der Waals surface area contributed by atoms with Crippen LogP contribution in [0.15, 0.2) is 48.5 Å². The van der Waals surface area contributed by atoms with E-state index in [1.165, 1.54) is 22.3 Å². The van der Waals surface area contributed by atoms with Crippen molar-refractivity contribution in [2.24, 2.45) is 11.8 Å². The van der Waals surface area contributed by atoms with Gasteiger partial charge in [-0.2, -0.15) is 0 Å². The molecule has 28 heavy (non-hydrogen) atoms. The van der Waals surface area contributed by atoms with Crippen LogP contribution in [0, 0.1) is 11.8 Å². The molecule has 2 aromatic rings. The molecule has 4 rings (SSSR count). The highest BCUT2D eigenvalue weighted by Gasteiger charge is 2.33. The molecular weight excluding hydrogens is 352 g/mol. The van der Waals surface area contributed by atoms with E-state index in [0.29, 0.717) is 0 Å². The average Bonchev–Trinajstić information content (AvgIpc) is 3.05. The number of carboxylic acid groups (broad SMARTS) is 1. The van der Waals surface area contributed by atoms with Gasteiger partial charge in [0, 0.05) is 5.92 Å². The molecule has 0 radical (unpaired) electrons. The predicted molar refractivity (Wildman–Crippen MR) is 107 cm³/mol. The maximum absolute atomic E-state index is 12.5. The van der Waals surface area contributed by atoms with Gasteiger partial charge in [-0.25, -0.2) is 0 Å². The Morgan fingerprint density at radius 1 is 0.929 bits per heavy atom. The van der Waals surface area contributed by atoms with E-state index in [0.717, 1.165) is 32.1 Å². The second-order valence-electron chi connectivity index (χ2n) is 7.96. The Morgan fingerprint density at radius 2 is 1.50 bits per heavy atom. The molecule has 0 unspecified atom stereocenters. The van der Waals surface area contributed by atoms with Crippen LogP contribution in [0.2, 0.25) is 0 Å². The van der Waals surface area contributed by atoms with Gasteiger partial charge >= 0.3 is 11.9 Å². The summed E-state index contributed by atoms with van der Waals surface area (Å²) in [5.41, 5.74) is 4.70. The number of carbonyl (C=O) groups excluding carboxylic acids is 1.